The molecule has 150 valence electrons. The van der Waals surface area contributed by atoms with Gasteiger partial charge in [-0.05, 0) is 64.4 Å². The molecule has 0 aliphatic rings. The van der Waals surface area contributed by atoms with Crippen LogP contribution in [0.2, 0.25) is 0 Å². The molecule has 0 radical (unpaired) electrons. The maximum Gasteiger partial charge on any atom is 0.136 e. The third-order valence-electron chi connectivity index (χ3n) is 6.06. The molecule has 0 unspecified atom stereocenters. The second-order valence-corrected chi connectivity index (χ2v) is 8.00. The van der Waals surface area contributed by atoms with Crippen molar-refractivity contribution in [3.8, 4) is 16.8 Å². The van der Waals surface area contributed by atoms with E-state index in [4.69, 9.17) is 9.52 Å². The Morgan fingerprint density at radius 1 is 0.562 bits per heavy atom. The van der Waals surface area contributed by atoms with Crippen molar-refractivity contribution < 1.29 is 4.42 Å². The van der Waals surface area contributed by atoms with Gasteiger partial charge in [-0.25, -0.2) is 0 Å². The smallest absolute Gasteiger partial charge is 0.136 e. The zero-order valence-electron chi connectivity index (χ0n) is 17.1. The van der Waals surface area contributed by atoms with E-state index in [-0.39, 0.29) is 0 Å². The number of fused-ring (bicyclic) bond motifs is 6. The summed E-state index contributed by atoms with van der Waals surface area (Å²) in [6, 6.07) is 35.2. The number of para-hydroxylation sites is 1. The van der Waals surface area contributed by atoms with Gasteiger partial charge < -0.3 is 4.42 Å². The van der Waals surface area contributed by atoms with E-state index in [1.165, 1.54) is 10.8 Å². The number of benzene rings is 5. The van der Waals surface area contributed by atoms with E-state index >= 15 is 0 Å². The Bertz CT molecular complexity index is 1780. The summed E-state index contributed by atoms with van der Waals surface area (Å²) in [6.45, 7) is 0. The minimum Gasteiger partial charge on any atom is -0.456 e. The molecule has 5 aromatic carbocycles. The van der Waals surface area contributed by atoms with E-state index in [2.05, 4.69) is 71.8 Å². The summed E-state index contributed by atoms with van der Waals surface area (Å²) in [5, 5.41) is 14.0. The number of hydrogen-bond acceptors (Lipinski definition) is 3. The topological polar surface area (TPSA) is 43.9 Å². The molecule has 7 aromatic rings. The zero-order valence-corrected chi connectivity index (χ0v) is 17.1. The van der Waals surface area contributed by atoms with Crippen molar-refractivity contribution in [2.75, 3.05) is 0 Å². The lowest BCUT2D eigenvalue weighted by Gasteiger charge is -2.02. The van der Waals surface area contributed by atoms with Crippen LogP contribution in [-0.4, -0.2) is 15.0 Å². The molecular formula is C28H17N3O. The molecule has 0 fully saturated rings. The number of rotatable bonds is 2. The first-order chi connectivity index (χ1) is 15.8. The Morgan fingerprint density at radius 2 is 1.31 bits per heavy atom. The number of furan rings is 1. The van der Waals surface area contributed by atoms with Gasteiger partial charge in [0.15, 0.2) is 0 Å². The average Bonchev–Trinajstić information content (AvgIpc) is 3.45. The van der Waals surface area contributed by atoms with Crippen LogP contribution in [0, 0.1) is 0 Å². The molecule has 2 aromatic heterocycles. The first kappa shape index (κ1) is 17.3. The van der Waals surface area contributed by atoms with E-state index in [9.17, 15) is 0 Å². The molecule has 0 bridgehead atoms. The monoisotopic (exact) mass is 411 g/mol. The van der Waals surface area contributed by atoms with Crippen LogP contribution in [-0.2, 0) is 0 Å². The summed E-state index contributed by atoms with van der Waals surface area (Å²) >= 11 is 0. The Kier molecular flexibility index (Phi) is 3.52. The predicted octanol–water partition coefficient (Wildman–Crippen LogP) is 7.14. The Morgan fingerprint density at radius 3 is 2.25 bits per heavy atom. The van der Waals surface area contributed by atoms with Crippen LogP contribution in [0.3, 0.4) is 0 Å². The molecule has 7 rings (SSSR count). The first-order valence-corrected chi connectivity index (χ1v) is 10.6. The Hall–Kier alpha value is -4.44. The predicted molar refractivity (Wildman–Crippen MR) is 129 cm³/mol. The molecule has 32 heavy (non-hydrogen) atoms. The molecule has 0 saturated heterocycles. The minimum atomic E-state index is 0.869. The van der Waals surface area contributed by atoms with Crippen LogP contribution in [0.4, 0.5) is 0 Å². The van der Waals surface area contributed by atoms with E-state index in [1.54, 1.807) is 4.80 Å². The molecule has 0 amide bonds. The quantitative estimate of drug-likeness (QED) is 0.304. The van der Waals surface area contributed by atoms with Gasteiger partial charge in [-0.2, -0.15) is 4.80 Å². The van der Waals surface area contributed by atoms with Gasteiger partial charge >= 0.3 is 0 Å². The van der Waals surface area contributed by atoms with Crippen molar-refractivity contribution in [2.24, 2.45) is 0 Å². The van der Waals surface area contributed by atoms with Gasteiger partial charge in [0.05, 0.1) is 5.69 Å². The summed E-state index contributed by atoms with van der Waals surface area (Å²) in [5.74, 6) is 0. The summed E-state index contributed by atoms with van der Waals surface area (Å²) in [4.78, 5) is 1.69. The Labute approximate surface area is 183 Å². The Balaban J connectivity index is 1.41. The maximum atomic E-state index is 6.15. The van der Waals surface area contributed by atoms with Crippen molar-refractivity contribution in [2.45, 2.75) is 0 Å². The average molecular weight is 411 g/mol. The van der Waals surface area contributed by atoms with Gasteiger partial charge in [0, 0.05) is 10.8 Å². The fourth-order valence-corrected chi connectivity index (χ4v) is 4.50. The van der Waals surface area contributed by atoms with Crippen LogP contribution in [0.25, 0.3) is 60.6 Å². The first-order valence-electron chi connectivity index (χ1n) is 10.6. The molecule has 4 nitrogen and oxygen atoms in total. The van der Waals surface area contributed by atoms with Gasteiger partial charge in [0.25, 0.3) is 0 Å². The lowest BCUT2D eigenvalue weighted by atomic mass is 10.00. The number of nitrogens with zero attached hydrogens (tertiary/aromatic N) is 3. The van der Waals surface area contributed by atoms with Crippen molar-refractivity contribution in [1.29, 1.82) is 0 Å². The standard InChI is InChI=1S/C28H17N3O/c1-2-7-21(8-3-1)31-29-24-13-10-20(17-25(24)30-31)19-12-14-26-23(16-19)28-22-9-5-4-6-18(22)11-15-27(28)32-26/h1-17H. The van der Waals surface area contributed by atoms with Gasteiger partial charge in [-0.3, -0.25) is 0 Å². The van der Waals surface area contributed by atoms with Crippen molar-refractivity contribution in [1.82, 2.24) is 15.0 Å². The largest absolute Gasteiger partial charge is 0.456 e. The minimum absolute atomic E-state index is 0.869. The fourth-order valence-electron chi connectivity index (χ4n) is 4.50. The normalized spacial score (nSPS) is 11.8. The molecule has 0 saturated carbocycles. The van der Waals surface area contributed by atoms with Crippen molar-refractivity contribution in [3.63, 3.8) is 0 Å². The second kappa shape index (κ2) is 6.53. The summed E-state index contributed by atoms with van der Waals surface area (Å²) < 4.78 is 6.15. The van der Waals surface area contributed by atoms with Crippen LogP contribution >= 0.6 is 0 Å². The molecule has 0 spiro atoms. The molecule has 0 N–H and O–H groups in total. The van der Waals surface area contributed by atoms with Gasteiger partial charge in [0.1, 0.15) is 22.2 Å². The third kappa shape index (κ3) is 2.56. The van der Waals surface area contributed by atoms with Gasteiger partial charge in [-0.1, -0.05) is 60.7 Å². The highest BCUT2D eigenvalue weighted by atomic mass is 16.3. The van der Waals surface area contributed by atoms with Gasteiger partial charge in [0.2, 0.25) is 0 Å². The van der Waals surface area contributed by atoms with Gasteiger partial charge in [-0.15, -0.1) is 10.2 Å². The van der Waals surface area contributed by atoms with Crippen LogP contribution < -0.4 is 0 Å². The zero-order chi connectivity index (χ0) is 21.1. The summed E-state index contributed by atoms with van der Waals surface area (Å²) in [7, 11) is 0. The van der Waals surface area contributed by atoms with Crippen molar-refractivity contribution >= 4 is 43.7 Å². The van der Waals surface area contributed by atoms with Crippen LogP contribution in [0.1, 0.15) is 0 Å². The van der Waals surface area contributed by atoms with Crippen molar-refractivity contribution in [3.05, 3.63) is 103 Å². The highest BCUT2D eigenvalue weighted by molar-refractivity contribution is 6.19. The second-order valence-electron chi connectivity index (χ2n) is 8.00. The number of aromatic nitrogens is 3. The van der Waals surface area contributed by atoms with E-state index in [0.717, 1.165) is 49.8 Å². The van der Waals surface area contributed by atoms with E-state index < -0.39 is 0 Å². The molecule has 0 aliphatic heterocycles. The van der Waals surface area contributed by atoms with Crippen LogP contribution in [0.5, 0.6) is 0 Å². The molecule has 2 heterocycles. The molecular weight excluding hydrogens is 394 g/mol. The van der Waals surface area contributed by atoms with E-state index in [0.29, 0.717) is 0 Å². The summed E-state index contributed by atoms with van der Waals surface area (Å²) in [5.41, 5.74) is 6.74. The van der Waals surface area contributed by atoms with E-state index in [1.807, 2.05) is 36.4 Å². The molecule has 4 heteroatoms. The summed E-state index contributed by atoms with van der Waals surface area (Å²) in [6.07, 6.45) is 0. The molecule has 0 aliphatic carbocycles. The highest BCUT2D eigenvalue weighted by Crippen LogP contribution is 2.37. The molecule has 0 atom stereocenters. The third-order valence-corrected chi connectivity index (χ3v) is 6.06. The SMILES string of the molecule is c1ccc(-n2nc3ccc(-c4ccc5oc6ccc7ccccc7c6c5c4)cc3n2)cc1. The highest BCUT2D eigenvalue weighted by Gasteiger charge is 2.12. The number of hydrogen-bond donors (Lipinski definition) is 0. The maximum absolute atomic E-state index is 6.15. The fraction of sp³-hybridized carbons (Fsp3) is 0. The lowest BCUT2D eigenvalue weighted by molar-refractivity contribution is 0.669. The lowest BCUT2D eigenvalue weighted by Crippen LogP contribution is -1.97. The van der Waals surface area contributed by atoms with Crippen LogP contribution in [0.15, 0.2) is 108 Å².